The first-order chi connectivity index (χ1) is 5.86. The van der Waals surface area contributed by atoms with E-state index in [1.54, 1.807) is 18.2 Å². The normalized spacial score (nSPS) is 9.42. The second kappa shape index (κ2) is 4.46. The number of rotatable bonds is 4. The Morgan fingerprint density at radius 3 is 3.08 bits per heavy atom. The highest BCUT2D eigenvalue weighted by Crippen LogP contribution is 2.05. The third-order valence-electron chi connectivity index (χ3n) is 1.19. The van der Waals surface area contributed by atoms with Gasteiger partial charge >= 0.3 is 0 Å². The number of ether oxygens (including phenoxy) is 2. The number of aromatic nitrogens is 1. The molecule has 0 unspecified atom stereocenters. The summed E-state index contributed by atoms with van der Waals surface area (Å²) in [6.07, 6.45) is 0.666. The molecular weight excluding hydrogens is 158 g/mol. The summed E-state index contributed by atoms with van der Waals surface area (Å²) in [6.45, 7) is 0.134. The van der Waals surface area contributed by atoms with E-state index >= 15 is 0 Å². The molecule has 0 saturated heterocycles. The van der Waals surface area contributed by atoms with Gasteiger partial charge in [0.25, 0.3) is 0 Å². The van der Waals surface area contributed by atoms with Crippen LogP contribution in [0.2, 0.25) is 0 Å². The first-order valence-electron chi connectivity index (χ1n) is 3.41. The molecule has 0 aliphatic carbocycles. The van der Waals surface area contributed by atoms with E-state index in [9.17, 15) is 4.79 Å². The van der Waals surface area contributed by atoms with Crippen molar-refractivity contribution >= 4 is 6.29 Å². The van der Waals surface area contributed by atoms with Crippen molar-refractivity contribution in [3.05, 3.63) is 23.9 Å². The van der Waals surface area contributed by atoms with Crippen LogP contribution in [0.1, 0.15) is 10.5 Å². The second-order valence-corrected chi connectivity index (χ2v) is 2.07. The Bertz CT molecular complexity index is 262. The van der Waals surface area contributed by atoms with Gasteiger partial charge in [0, 0.05) is 13.2 Å². The lowest BCUT2D eigenvalue weighted by molar-refractivity contribution is 0.0477. The topological polar surface area (TPSA) is 48.4 Å². The van der Waals surface area contributed by atoms with Gasteiger partial charge in [-0.2, -0.15) is 0 Å². The molecule has 0 aliphatic rings. The quantitative estimate of drug-likeness (QED) is 0.493. The van der Waals surface area contributed by atoms with Crippen molar-refractivity contribution in [2.75, 3.05) is 13.9 Å². The molecule has 0 N–H and O–H groups in total. The monoisotopic (exact) mass is 167 g/mol. The van der Waals surface area contributed by atoms with Gasteiger partial charge in [0.15, 0.2) is 13.1 Å². The Balaban J connectivity index is 2.66. The third kappa shape index (κ3) is 2.32. The van der Waals surface area contributed by atoms with Crippen molar-refractivity contribution < 1.29 is 14.3 Å². The van der Waals surface area contributed by atoms with Crippen LogP contribution in [0.3, 0.4) is 0 Å². The van der Waals surface area contributed by atoms with Gasteiger partial charge in [0.05, 0.1) is 0 Å². The van der Waals surface area contributed by atoms with Crippen molar-refractivity contribution in [1.82, 2.24) is 4.98 Å². The van der Waals surface area contributed by atoms with Gasteiger partial charge in [-0.15, -0.1) is 0 Å². The van der Waals surface area contributed by atoms with Crippen molar-refractivity contribution in [3.8, 4) is 5.88 Å². The average Bonchev–Trinajstić information content (AvgIpc) is 2.15. The van der Waals surface area contributed by atoms with Crippen LogP contribution in [0, 0.1) is 0 Å². The van der Waals surface area contributed by atoms with E-state index in [0.717, 1.165) is 0 Å². The molecular formula is C8H9NO3. The van der Waals surface area contributed by atoms with E-state index in [1.807, 2.05) is 0 Å². The Labute approximate surface area is 70.1 Å². The maximum atomic E-state index is 10.3. The lowest BCUT2D eigenvalue weighted by atomic mass is 10.4. The summed E-state index contributed by atoms with van der Waals surface area (Å²) in [5, 5.41) is 0. The fourth-order valence-electron chi connectivity index (χ4n) is 0.696. The van der Waals surface area contributed by atoms with Gasteiger partial charge in [0.2, 0.25) is 5.88 Å². The van der Waals surface area contributed by atoms with Gasteiger partial charge in [0.1, 0.15) is 5.69 Å². The highest BCUT2D eigenvalue weighted by atomic mass is 16.7. The van der Waals surface area contributed by atoms with Gasteiger partial charge in [-0.25, -0.2) is 4.98 Å². The Morgan fingerprint density at radius 1 is 1.58 bits per heavy atom. The molecule has 1 aromatic rings. The zero-order chi connectivity index (χ0) is 8.81. The summed E-state index contributed by atoms with van der Waals surface area (Å²) in [5.41, 5.74) is 0.351. The molecule has 1 heterocycles. The summed E-state index contributed by atoms with van der Waals surface area (Å²) >= 11 is 0. The molecule has 1 aromatic heterocycles. The van der Waals surface area contributed by atoms with Gasteiger partial charge < -0.3 is 9.47 Å². The highest BCUT2D eigenvalue weighted by Gasteiger charge is 1.95. The predicted octanol–water partition coefficient (Wildman–Crippen LogP) is 0.877. The molecule has 0 aromatic carbocycles. The van der Waals surface area contributed by atoms with E-state index < -0.39 is 0 Å². The third-order valence-corrected chi connectivity index (χ3v) is 1.19. The molecule has 0 fully saturated rings. The molecule has 1 rings (SSSR count). The first-order valence-corrected chi connectivity index (χ1v) is 3.41. The van der Waals surface area contributed by atoms with Crippen LogP contribution in [-0.2, 0) is 4.74 Å². The van der Waals surface area contributed by atoms with Crippen LogP contribution < -0.4 is 4.74 Å². The molecule has 0 bridgehead atoms. The lowest BCUT2D eigenvalue weighted by Gasteiger charge is -2.02. The number of aldehydes is 1. The molecule has 0 amide bonds. The van der Waals surface area contributed by atoms with Crippen LogP contribution in [0.15, 0.2) is 18.2 Å². The molecule has 4 nitrogen and oxygen atoms in total. The molecule has 4 heteroatoms. The number of carbonyl (C=O) groups is 1. The molecule has 0 atom stereocenters. The van der Waals surface area contributed by atoms with Crippen molar-refractivity contribution in [2.24, 2.45) is 0 Å². The van der Waals surface area contributed by atoms with Crippen LogP contribution in [0.25, 0.3) is 0 Å². The Hall–Kier alpha value is -1.42. The minimum Gasteiger partial charge on any atom is -0.451 e. The summed E-state index contributed by atoms with van der Waals surface area (Å²) in [7, 11) is 1.52. The van der Waals surface area contributed by atoms with E-state index in [0.29, 0.717) is 17.9 Å². The summed E-state index contributed by atoms with van der Waals surface area (Å²) in [4.78, 5) is 14.1. The van der Waals surface area contributed by atoms with Crippen molar-refractivity contribution in [2.45, 2.75) is 0 Å². The van der Waals surface area contributed by atoms with Crippen LogP contribution in [-0.4, -0.2) is 25.2 Å². The summed E-state index contributed by atoms with van der Waals surface area (Å²) in [6, 6.07) is 4.96. The zero-order valence-electron chi connectivity index (χ0n) is 6.69. The van der Waals surface area contributed by atoms with E-state index in [-0.39, 0.29) is 6.79 Å². The maximum absolute atomic E-state index is 10.3. The average molecular weight is 167 g/mol. The summed E-state index contributed by atoms with van der Waals surface area (Å²) in [5.74, 6) is 0.390. The van der Waals surface area contributed by atoms with Crippen molar-refractivity contribution in [3.63, 3.8) is 0 Å². The highest BCUT2D eigenvalue weighted by molar-refractivity contribution is 5.71. The molecule has 64 valence electrons. The number of carbonyl (C=O) groups excluding carboxylic acids is 1. The van der Waals surface area contributed by atoms with Gasteiger partial charge in [-0.1, -0.05) is 6.07 Å². The number of pyridine rings is 1. The predicted molar refractivity (Wildman–Crippen MR) is 42.1 cm³/mol. The van der Waals surface area contributed by atoms with Crippen LogP contribution in [0.5, 0.6) is 5.88 Å². The fourth-order valence-corrected chi connectivity index (χ4v) is 0.696. The molecule has 0 saturated carbocycles. The van der Waals surface area contributed by atoms with Crippen LogP contribution in [0.4, 0.5) is 0 Å². The van der Waals surface area contributed by atoms with Crippen molar-refractivity contribution in [1.29, 1.82) is 0 Å². The maximum Gasteiger partial charge on any atom is 0.216 e. The first kappa shape index (κ1) is 8.67. The SMILES string of the molecule is COCOc1cccc(C=O)n1. The number of hydrogen-bond donors (Lipinski definition) is 0. The minimum atomic E-state index is 0.134. The fraction of sp³-hybridized carbons (Fsp3) is 0.250. The Morgan fingerprint density at radius 2 is 2.42 bits per heavy atom. The smallest absolute Gasteiger partial charge is 0.216 e. The number of hydrogen-bond acceptors (Lipinski definition) is 4. The molecule has 0 radical (unpaired) electrons. The second-order valence-electron chi connectivity index (χ2n) is 2.07. The van der Waals surface area contributed by atoms with E-state index in [4.69, 9.17) is 4.74 Å². The van der Waals surface area contributed by atoms with Gasteiger partial charge in [-0.05, 0) is 6.07 Å². The number of nitrogens with zero attached hydrogens (tertiary/aromatic N) is 1. The number of methoxy groups -OCH3 is 1. The minimum absolute atomic E-state index is 0.134. The Kier molecular flexibility index (Phi) is 3.22. The molecule has 0 spiro atoms. The van der Waals surface area contributed by atoms with Gasteiger partial charge in [-0.3, -0.25) is 4.79 Å². The summed E-state index contributed by atoms with van der Waals surface area (Å²) < 4.78 is 9.67. The largest absolute Gasteiger partial charge is 0.451 e. The lowest BCUT2D eigenvalue weighted by Crippen LogP contribution is -2.01. The van der Waals surface area contributed by atoms with E-state index in [2.05, 4.69) is 9.72 Å². The molecule has 0 aliphatic heterocycles. The van der Waals surface area contributed by atoms with E-state index in [1.165, 1.54) is 7.11 Å². The molecule has 12 heavy (non-hydrogen) atoms. The standard InChI is InChI=1S/C8H9NO3/c1-11-6-12-8-4-2-3-7(5-10)9-8/h2-5H,6H2,1H3. The van der Waals surface area contributed by atoms with Crippen LogP contribution >= 0.6 is 0 Å². The zero-order valence-corrected chi connectivity index (χ0v) is 6.69.